The van der Waals surface area contributed by atoms with Crippen molar-refractivity contribution in [3.63, 3.8) is 0 Å². The molecule has 0 aliphatic heterocycles. The van der Waals surface area contributed by atoms with Gasteiger partial charge in [0.1, 0.15) is 17.4 Å². The van der Waals surface area contributed by atoms with Crippen molar-refractivity contribution in [1.82, 2.24) is 5.32 Å². The number of rotatable bonds is 5. The number of hydrogen-bond acceptors (Lipinski definition) is 5. The Balaban J connectivity index is 2.08. The van der Waals surface area contributed by atoms with E-state index < -0.39 is 23.5 Å². The first-order valence-corrected chi connectivity index (χ1v) is 6.56. The molecule has 0 fully saturated rings. The van der Waals surface area contributed by atoms with Crippen molar-refractivity contribution in [2.75, 3.05) is 6.61 Å². The Morgan fingerprint density at radius 2 is 2.09 bits per heavy atom. The molecule has 0 bridgehead atoms. The number of aryl methyl sites for hydroxylation is 1. The first kappa shape index (κ1) is 15.6. The van der Waals surface area contributed by atoms with E-state index in [2.05, 4.69) is 5.32 Å². The molecule has 0 saturated carbocycles. The fourth-order valence-electron chi connectivity index (χ4n) is 1.89. The number of nitrogens with one attached hydrogen (secondary N) is 1. The summed E-state index contributed by atoms with van der Waals surface area (Å²) in [4.78, 5) is 33.5. The van der Waals surface area contributed by atoms with Crippen LogP contribution in [0.2, 0.25) is 0 Å². The van der Waals surface area contributed by atoms with Gasteiger partial charge in [-0.2, -0.15) is 0 Å². The molecule has 0 spiro atoms. The normalized spacial score (nSPS) is 11.9. The van der Waals surface area contributed by atoms with Crippen molar-refractivity contribution in [2.24, 2.45) is 0 Å². The summed E-state index contributed by atoms with van der Waals surface area (Å²) in [5.74, 6) is -1.34. The second kappa shape index (κ2) is 6.30. The molecule has 116 valence electrons. The Kier molecular flexibility index (Phi) is 4.45. The molecule has 22 heavy (non-hydrogen) atoms. The number of hydrogen-bond donors (Lipinski definition) is 2. The Morgan fingerprint density at radius 1 is 1.36 bits per heavy atom. The molecule has 0 unspecified atom stereocenters. The summed E-state index contributed by atoms with van der Waals surface area (Å²) in [7, 11) is 0. The maximum atomic E-state index is 11.5. The van der Waals surface area contributed by atoms with Gasteiger partial charge in [-0.3, -0.25) is 9.59 Å². The number of amides is 1. The lowest BCUT2D eigenvalue weighted by Gasteiger charge is -2.10. The molecule has 1 aromatic carbocycles. The van der Waals surface area contributed by atoms with Crippen LogP contribution in [0.15, 0.2) is 33.5 Å². The highest BCUT2D eigenvalue weighted by Crippen LogP contribution is 2.22. The standard InChI is InChI=1S/C15H15NO6/c1-8-5-14(18)22-12-6-10(3-4-11(8)12)21-7-13(17)16-9(2)15(19)20/h3-6,9H,7H2,1-2H3,(H,16,17)(H,19,20)/t9-/m1/s1. The van der Waals surface area contributed by atoms with E-state index in [1.54, 1.807) is 19.1 Å². The van der Waals surface area contributed by atoms with E-state index in [1.165, 1.54) is 19.1 Å². The summed E-state index contributed by atoms with van der Waals surface area (Å²) in [6.45, 7) is 2.81. The zero-order chi connectivity index (χ0) is 16.3. The van der Waals surface area contributed by atoms with Crippen LogP contribution in [0.4, 0.5) is 0 Å². The molecule has 1 amide bonds. The minimum Gasteiger partial charge on any atom is -0.484 e. The summed E-state index contributed by atoms with van der Waals surface area (Å²) in [6.07, 6.45) is 0. The van der Waals surface area contributed by atoms with E-state index in [4.69, 9.17) is 14.3 Å². The van der Waals surface area contributed by atoms with Crippen LogP contribution in [-0.2, 0) is 9.59 Å². The molecule has 2 rings (SSSR count). The van der Waals surface area contributed by atoms with Crippen molar-refractivity contribution in [1.29, 1.82) is 0 Å². The van der Waals surface area contributed by atoms with Gasteiger partial charge < -0.3 is 19.6 Å². The van der Waals surface area contributed by atoms with Crippen LogP contribution in [0.3, 0.4) is 0 Å². The van der Waals surface area contributed by atoms with Gasteiger partial charge in [0.15, 0.2) is 6.61 Å². The molecule has 7 nitrogen and oxygen atoms in total. The monoisotopic (exact) mass is 305 g/mol. The van der Waals surface area contributed by atoms with Crippen LogP contribution >= 0.6 is 0 Å². The zero-order valence-electron chi connectivity index (χ0n) is 12.1. The molecule has 0 aliphatic carbocycles. The Bertz CT molecular complexity index is 779. The van der Waals surface area contributed by atoms with Crippen LogP contribution in [0.5, 0.6) is 5.75 Å². The third-order valence-corrected chi connectivity index (χ3v) is 3.04. The fourth-order valence-corrected chi connectivity index (χ4v) is 1.89. The number of benzene rings is 1. The topological polar surface area (TPSA) is 106 Å². The first-order chi connectivity index (χ1) is 10.4. The van der Waals surface area contributed by atoms with Gasteiger partial charge >= 0.3 is 11.6 Å². The van der Waals surface area contributed by atoms with Gasteiger partial charge in [0.25, 0.3) is 5.91 Å². The summed E-state index contributed by atoms with van der Waals surface area (Å²) >= 11 is 0. The summed E-state index contributed by atoms with van der Waals surface area (Å²) in [6, 6.07) is 5.28. The highest BCUT2D eigenvalue weighted by Gasteiger charge is 2.14. The lowest BCUT2D eigenvalue weighted by Crippen LogP contribution is -2.40. The summed E-state index contributed by atoms with van der Waals surface area (Å²) in [5, 5.41) is 11.7. The maximum Gasteiger partial charge on any atom is 0.336 e. The molecule has 0 saturated heterocycles. The van der Waals surface area contributed by atoms with E-state index in [-0.39, 0.29) is 6.61 Å². The maximum absolute atomic E-state index is 11.5. The molecule has 2 N–H and O–H groups in total. The minimum absolute atomic E-state index is 0.334. The van der Waals surface area contributed by atoms with Gasteiger partial charge in [-0.05, 0) is 31.5 Å². The molecule has 0 radical (unpaired) electrons. The minimum atomic E-state index is -1.13. The van der Waals surface area contributed by atoms with Crippen molar-refractivity contribution in [2.45, 2.75) is 19.9 Å². The number of fused-ring (bicyclic) bond motifs is 1. The van der Waals surface area contributed by atoms with Crippen LogP contribution in [0.1, 0.15) is 12.5 Å². The van der Waals surface area contributed by atoms with Gasteiger partial charge in [0.05, 0.1) is 0 Å². The number of carboxylic acids is 1. The fraction of sp³-hybridized carbons (Fsp3) is 0.267. The molecular weight excluding hydrogens is 290 g/mol. The summed E-state index contributed by atoms with van der Waals surface area (Å²) < 4.78 is 10.3. The molecular formula is C15H15NO6. The second-order valence-electron chi connectivity index (χ2n) is 4.82. The average Bonchev–Trinajstić information content (AvgIpc) is 2.44. The molecule has 1 aromatic heterocycles. The number of carboxylic acid groups (broad SMARTS) is 1. The first-order valence-electron chi connectivity index (χ1n) is 6.56. The molecule has 1 atom stereocenters. The van der Waals surface area contributed by atoms with Gasteiger partial charge in [-0.25, -0.2) is 4.79 Å². The Hall–Kier alpha value is -2.83. The molecule has 0 aliphatic rings. The predicted octanol–water partition coefficient (Wildman–Crippen LogP) is 1.07. The largest absolute Gasteiger partial charge is 0.484 e. The third kappa shape index (κ3) is 3.63. The van der Waals surface area contributed by atoms with E-state index in [9.17, 15) is 14.4 Å². The Morgan fingerprint density at radius 3 is 2.77 bits per heavy atom. The lowest BCUT2D eigenvalue weighted by molar-refractivity contribution is -0.141. The summed E-state index contributed by atoms with van der Waals surface area (Å²) in [5.41, 5.74) is 0.683. The van der Waals surface area contributed by atoms with Crippen LogP contribution in [-0.4, -0.2) is 29.6 Å². The van der Waals surface area contributed by atoms with Crippen LogP contribution < -0.4 is 15.7 Å². The highest BCUT2D eigenvalue weighted by molar-refractivity contribution is 5.84. The average molecular weight is 305 g/mol. The lowest BCUT2D eigenvalue weighted by atomic mass is 10.1. The molecule has 2 aromatic rings. The van der Waals surface area contributed by atoms with Gasteiger partial charge in [-0.15, -0.1) is 0 Å². The van der Waals surface area contributed by atoms with Crippen LogP contribution in [0, 0.1) is 6.92 Å². The van der Waals surface area contributed by atoms with Crippen molar-refractivity contribution < 1.29 is 23.8 Å². The van der Waals surface area contributed by atoms with E-state index in [1.807, 2.05) is 0 Å². The second-order valence-corrected chi connectivity index (χ2v) is 4.82. The number of carbonyl (C=O) groups is 2. The third-order valence-electron chi connectivity index (χ3n) is 3.04. The quantitative estimate of drug-likeness (QED) is 0.800. The van der Waals surface area contributed by atoms with E-state index >= 15 is 0 Å². The smallest absolute Gasteiger partial charge is 0.336 e. The van der Waals surface area contributed by atoms with Gasteiger partial charge in [-0.1, -0.05) is 0 Å². The zero-order valence-corrected chi connectivity index (χ0v) is 12.1. The van der Waals surface area contributed by atoms with Crippen LogP contribution in [0.25, 0.3) is 11.0 Å². The molecule has 1 heterocycles. The van der Waals surface area contributed by atoms with Gasteiger partial charge in [0, 0.05) is 17.5 Å². The Labute approximate surface area is 125 Å². The van der Waals surface area contributed by atoms with Crippen molar-refractivity contribution in [3.8, 4) is 5.75 Å². The SMILES string of the molecule is Cc1cc(=O)oc2cc(OCC(=O)N[C@H](C)C(=O)O)ccc12. The van der Waals surface area contributed by atoms with E-state index in [0.717, 1.165) is 10.9 Å². The predicted molar refractivity (Wildman–Crippen MR) is 78.0 cm³/mol. The molecule has 7 heteroatoms. The highest BCUT2D eigenvalue weighted by atomic mass is 16.5. The number of carbonyl (C=O) groups excluding carboxylic acids is 1. The van der Waals surface area contributed by atoms with Gasteiger partial charge in [0.2, 0.25) is 0 Å². The number of aliphatic carboxylic acids is 1. The van der Waals surface area contributed by atoms with Crippen molar-refractivity contribution in [3.05, 3.63) is 40.2 Å². The van der Waals surface area contributed by atoms with Crippen molar-refractivity contribution >= 4 is 22.8 Å². The van der Waals surface area contributed by atoms with E-state index in [0.29, 0.717) is 11.3 Å². The number of ether oxygens (including phenoxy) is 1.